The first-order chi connectivity index (χ1) is 1.41. The van der Waals surface area contributed by atoms with Gasteiger partial charge < -0.3 is 21.9 Å². The molecule has 0 aliphatic carbocycles. The van der Waals surface area contributed by atoms with Gasteiger partial charge in [-0.3, -0.25) is 0 Å². The molecule has 0 bridgehead atoms. The molecule has 0 aliphatic heterocycles. The molecule has 0 saturated heterocycles. The van der Waals surface area contributed by atoms with Crippen LogP contribution in [0, 0.1) is 0 Å². The summed E-state index contributed by atoms with van der Waals surface area (Å²) in [6, 6.07) is 0. The van der Waals surface area contributed by atoms with Crippen LogP contribution in [0.4, 0.5) is 0 Å². The number of hydrogen-bond donors (Lipinski definition) is 0. The van der Waals surface area contributed by atoms with E-state index in [4.69, 9.17) is 17.8 Å². The molecular formula is H8Cl2O4Sn. The predicted molar refractivity (Wildman–Crippen MR) is 31.9 cm³/mol. The monoisotopic (exact) mass is 262 g/mol. The Labute approximate surface area is 58.7 Å². The Hall–Kier alpha value is 1.22. The topological polar surface area (TPSA) is 126 Å². The molecule has 8 N–H and O–H groups in total. The van der Waals surface area contributed by atoms with Gasteiger partial charge in [0.15, 0.2) is 0 Å². The molecule has 0 atom stereocenters. The fourth-order valence-electron chi connectivity index (χ4n) is 0. The Kier molecular flexibility index (Phi) is 335. The van der Waals surface area contributed by atoms with Gasteiger partial charge in [0, 0.05) is 0 Å². The van der Waals surface area contributed by atoms with Gasteiger partial charge in [-0.2, -0.15) is 0 Å². The van der Waals surface area contributed by atoms with E-state index in [2.05, 4.69) is 0 Å². The molecule has 0 aromatic rings. The third-order valence-electron chi connectivity index (χ3n) is 0. The third kappa shape index (κ3) is 132. The van der Waals surface area contributed by atoms with E-state index in [0.29, 0.717) is 0 Å². The van der Waals surface area contributed by atoms with Crippen molar-refractivity contribution in [3.63, 3.8) is 0 Å². The van der Waals surface area contributed by atoms with Gasteiger partial charge in [-0.15, -0.1) is 0 Å². The van der Waals surface area contributed by atoms with Gasteiger partial charge in [0.1, 0.15) is 0 Å². The maximum atomic E-state index is 4.93. The average molecular weight is 262 g/mol. The van der Waals surface area contributed by atoms with Crippen molar-refractivity contribution < 1.29 is 21.9 Å². The van der Waals surface area contributed by atoms with Crippen LogP contribution in [-0.4, -0.2) is 40.8 Å². The molecule has 0 aromatic carbocycles. The molecule has 7 heteroatoms. The first-order valence-electron chi connectivity index (χ1n) is 0.378. The Morgan fingerprint density at radius 3 is 0.714 bits per heavy atom. The van der Waals surface area contributed by atoms with Crippen LogP contribution in [0.3, 0.4) is 0 Å². The minimum atomic E-state index is -0.826. The van der Waals surface area contributed by atoms with Gasteiger partial charge in [-0.1, -0.05) is 0 Å². The molecule has 0 spiro atoms. The Balaban J connectivity index is -0.00000000333. The van der Waals surface area contributed by atoms with Crippen LogP contribution in [0.25, 0.3) is 0 Å². The van der Waals surface area contributed by atoms with E-state index in [0.717, 1.165) is 0 Å². The van der Waals surface area contributed by atoms with E-state index >= 15 is 0 Å². The molecule has 50 valence electrons. The van der Waals surface area contributed by atoms with Crippen LogP contribution in [-0.2, 0) is 0 Å². The van der Waals surface area contributed by atoms with Crippen LogP contribution in [0.5, 0.6) is 0 Å². The predicted octanol–water partition coefficient (Wildman–Crippen LogP) is -2.30. The molecule has 0 aromatic heterocycles. The molecule has 0 unspecified atom stereocenters. The van der Waals surface area contributed by atoms with Crippen LogP contribution in [0.1, 0.15) is 0 Å². The molecule has 0 aliphatic rings. The van der Waals surface area contributed by atoms with Crippen molar-refractivity contribution in [2.75, 3.05) is 0 Å². The van der Waals surface area contributed by atoms with Crippen molar-refractivity contribution in [1.82, 2.24) is 0 Å². The molecule has 0 fully saturated rings. The third-order valence-corrected chi connectivity index (χ3v) is 0. The van der Waals surface area contributed by atoms with Crippen molar-refractivity contribution in [3.8, 4) is 0 Å². The molecule has 2 radical (unpaired) electrons. The van der Waals surface area contributed by atoms with Crippen molar-refractivity contribution in [3.05, 3.63) is 0 Å². The van der Waals surface area contributed by atoms with Gasteiger partial charge in [0.2, 0.25) is 0 Å². The molecule has 7 heavy (non-hydrogen) atoms. The van der Waals surface area contributed by atoms with Crippen molar-refractivity contribution in [2.45, 2.75) is 0 Å². The number of rotatable bonds is 0. The fourth-order valence-corrected chi connectivity index (χ4v) is 0. The number of hydrogen-bond acceptors (Lipinski definition) is 0. The van der Waals surface area contributed by atoms with E-state index < -0.39 is 18.9 Å². The number of halogens is 2. The van der Waals surface area contributed by atoms with Crippen LogP contribution in [0.2, 0.25) is 0 Å². The van der Waals surface area contributed by atoms with E-state index in [-0.39, 0.29) is 21.9 Å². The minimum absolute atomic E-state index is 0. The fraction of sp³-hybridized carbons (Fsp3) is 0. The summed E-state index contributed by atoms with van der Waals surface area (Å²) >= 11 is -0.826. The molecule has 0 rings (SSSR count). The molecule has 0 heterocycles. The Morgan fingerprint density at radius 2 is 0.714 bits per heavy atom. The van der Waals surface area contributed by atoms with Crippen molar-refractivity contribution in [1.29, 1.82) is 0 Å². The normalized spacial score (nSPS) is 2.57. The van der Waals surface area contributed by atoms with Gasteiger partial charge in [0.05, 0.1) is 0 Å². The first kappa shape index (κ1) is 41.3. The molecule has 4 nitrogen and oxygen atoms in total. The summed E-state index contributed by atoms with van der Waals surface area (Å²) in [6.07, 6.45) is 0. The standard InChI is InChI=1S/2ClH.4H2O.Sn/h2*1H;4*1H2;/q;;;;;;+2/p-2. The summed E-state index contributed by atoms with van der Waals surface area (Å²) in [4.78, 5) is 0. The van der Waals surface area contributed by atoms with Crippen molar-refractivity contribution in [2.24, 2.45) is 0 Å². The maximum absolute atomic E-state index is 4.93. The molecular weight excluding hydrogens is 254 g/mol. The summed E-state index contributed by atoms with van der Waals surface area (Å²) in [6.45, 7) is 0. The van der Waals surface area contributed by atoms with E-state index in [1.807, 2.05) is 0 Å². The second-order valence-electron chi connectivity index (χ2n) is 0.0714. The zero-order valence-electron chi connectivity index (χ0n) is 3.26. The van der Waals surface area contributed by atoms with E-state index in [1.165, 1.54) is 0 Å². The van der Waals surface area contributed by atoms with E-state index in [1.54, 1.807) is 0 Å². The summed E-state index contributed by atoms with van der Waals surface area (Å²) in [7, 11) is 9.87. The Bertz CT molecular complexity index is 9.65. The van der Waals surface area contributed by atoms with Gasteiger partial charge in [-0.25, -0.2) is 0 Å². The summed E-state index contributed by atoms with van der Waals surface area (Å²) in [5, 5.41) is 0. The Morgan fingerprint density at radius 1 is 0.714 bits per heavy atom. The second-order valence-corrected chi connectivity index (χ2v) is 4.31. The van der Waals surface area contributed by atoms with Crippen LogP contribution < -0.4 is 0 Å². The zero-order valence-corrected chi connectivity index (χ0v) is 7.62. The second kappa shape index (κ2) is 56.7. The summed E-state index contributed by atoms with van der Waals surface area (Å²) in [5.74, 6) is 0. The average Bonchev–Trinajstić information content (AvgIpc) is 0.918. The van der Waals surface area contributed by atoms with Gasteiger partial charge in [-0.05, 0) is 0 Å². The van der Waals surface area contributed by atoms with Crippen molar-refractivity contribution >= 4 is 36.7 Å². The SMILES string of the molecule is O.O.O.O.[Cl][Sn][Cl]. The summed E-state index contributed by atoms with van der Waals surface area (Å²) < 4.78 is 0. The summed E-state index contributed by atoms with van der Waals surface area (Å²) in [5.41, 5.74) is 0. The van der Waals surface area contributed by atoms with Crippen LogP contribution in [0.15, 0.2) is 0 Å². The van der Waals surface area contributed by atoms with Gasteiger partial charge >= 0.3 is 36.7 Å². The molecule has 0 saturated carbocycles. The van der Waals surface area contributed by atoms with Gasteiger partial charge in [0.25, 0.3) is 0 Å². The van der Waals surface area contributed by atoms with Crippen LogP contribution >= 0.6 is 17.8 Å². The first-order valence-corrected chi connectivity index (χ1v) is 7.61. The van der Waals surface area contributed by atoms with E-state index in [9.17, 15) is 0 Å². The zero-order chi connectivity index (χ0) is 2.71. The molecule has 0 amide bonds. The quantitative estimate of drug-likeness (QED) is 0.435.